The number of hydrogen-bond acceptors (Lipinski definition) is 0. The molecule has 0 radical (unpaired) electrons. The largest absolute Gasteiger partial charge is 0.0845 e. The molecule has 0 aliphatic heterocycles. The summed E-state index contributed by atoms with van der Waals surface area (Å²) in [4.78, 5) is 0. The molecule has 0 heteroatoms. The molecule has 1 fully saturated rings. The summed E-state index contributed by atoms with van der Waals surface area (Å²) in [5.41, 5.74) is 0. The maximum atomic E-state index is 2.35. The van der Waals surface area contributed by atoms with Crippen LogP contribution in [0.15, 0.2) is 24.3 Å². The van der Waals surface area contributed by atoms with Crippen LogP contribution in [-0.4, -0.2) is 0 Å². The van der Waals surface area contributed by atoms with E-state index in [1.165, 1.54) is 6.42 Å². The quantitative estimate of drug-likeness (QED) is 0.415. The van der Waals surface area contributed by atoms with Crippen molar-refractivity contribution in [2.75, 3.05) is 0 Å². The fourth-order valence-corrected chi connectivity index (χ4v) is 1.26. The van der Waals surface area contributed by atoms with Crippen molar-refractivity contribution in [3.63, 3.8) is 0 Å². The van der Waals surface area contributed by atoms with E-state index in [0.717, 1.165) is 18.3 Å². The fraction of sp³-hybridized carbons (Fsp3) is 0.500. The molecule has 0 aromatic rings. The van der Waals surface area contributed by atoms with Gasteiger partial charge in [0.15, 0.2) is 0 Å². The molecule has 42 valence electrons. The predicted molar refractivity (Wildman–Crippen MR) is 34.5 cm³/mol. The second-order valence-electron chi connectivity index (χ2n) is 2.66. The first-order chi connectivity index (χ1) is 3.97. The summed E-state index contributed by atoms with van der Waals surface area (Å²) in [5.74, 6) is 1.85. The normalized spacial score (nSPS) is 41.0. The van der Waals surface area contributed by atoms with Gasteiger partial charge in [0.25, 0.3) is 0 Å². The Labute approximate surface area is 49.9 Å². The lowest BCUT2D eigenvalue weighted by molar-refractivity contribution is 1.00. The fourth-order valence-electron chi connectivity index (χ4n) is 1.26. The highest BCUT2D eigenvalue weighted by Crippen LogP contribution is 2.41. The monoisotopic (exact) mass is 106 g/mol. The van der Waals surface area contributed by atoms with Crippen molar-refractivity contribution in [3.05, 3.63) is 24.3 Å². The van der Waals surface area contributed by atoms with Crippen molar-refractivity contribution in [2.45, 2.75) is 12.8 Å². The Bertz CT molecular complexity index is 126. The molecule has 2 atom stereocenters. The Balaban J connectivity index is 2.17. The van der Waals surface area contributed by atoms with Crippen molar-refractivity contribution in [1.29, 1.82) is 0 Å². The van der Waals surface area contributed by atoms with E-state index in [9.17, 15) is 0 Å². The van der Waals surface area contributed by atoms with Gasteiger partial charge in [0.05, 0.1) is 0 Å². The van der Waals surface area contributed by atoms with E-state index in [-0.39, 0.29) is 0 Å². The smallest absolute Gasteiger partial charge is 0.0164 e. The zero-order chi connectivity index (χ0) is 5.40. The van der Waals surface area contributed by atoms with Gasteiger partial charge in [0.1, 0.15) is 0 Å². The van der Waals surface area contributed by atoms with Gasteiger partial charge in [-0.05, 0) is 24.7 Å². The van der Waals surface area contributed by atoms with Crippen molar-refractivity contribution < 1.29 is 0 Å². The van der Waals surface area contributed by atoms with Crippen molar-refractivity contribution in [1.82, 2.24) is 0 Å². The van der Waals surface area contributed by atoms with Crippen LogP contribution in [0.1, 0.15) is 12.8 Å². The topological polar surface area (TPSA) is 0 Å². The predicted octanol–water partition coefficient (Wildman–Crippen LogP) is 2.14. The molecule has 2 rings (SSSR count). The van der Waals surface area contributed by atoms with Crippen LogP contribution in [0.3, 0.4) is 0 Å². The minimum atomic E-state index is 0.925. The molecule has 0 N–H and O–H groups in total. The second kappa shape index (κ2) is 1.48. The highest BCUT2D eigenvalue weighted by molar-refractivity contribution is 5.15. The molecule has 0 bridgehead atoms. The van der Waals surface area contributed by atoms with Crippen LogP contribution in [0.25, 0.3) is 0 Å². The molecule has 0 amide bonds. The SMILES string of the molecule is C1=C[C@H]2C[C@@H]2C=CC1. The summed E-state index contributed by atoms with van der Waals surface area (Å²) in [7, 11) is 0. The second-order valence-corrected chi connectivity index (χ2v) is 2.66. The van der Waals surface area contributed by atoms with Crippen molar-refractivity contribution in [3.8, 4) is 0 Å². The van der Waals surface area contributed by atoms with E-state index in [4.69, 9.17) is 0 Å². The summed E-state index contributed by atoms with van der Waals surface area (Å²) in [5, 5.41) is 0. The van der Waals surface area contributed by atoms with Gasteiger partial charge in [-0.1, -0.05) is 24.3 Å². The van der Waals surface area contributed by atoms with Gasteiger partial charge in [-0.3, -0.25) is 0 Å². The van der Waals surface area contributed by atoms with Crippen LogP contribution in [0.5, 0.6) is 0 Å². The van der Waals surface area contributed by atoms with E-state index in [2.05, 4.69) is 24.3 Å². The van der Waals surface area contributed by atoms with Gasteiger partial charge in [-0.15, -0.1) is 0 Å². The zero-order valence-electron chi connectivity index (χ0n) is 4.88. The lowest BCUT2D eigenvalue weighted by Gasteiger charge is -1.75. The Morgan fingerprint density at radius 3 is 2.25 bits per heavy atom. The summed E-state index contributed by atoms with van der Waals surface area (Å²) < 4.78 is 0. The van der Waals surface area contributed by atoms with E-state index in [1.54, 1.807) is 0 Å². The third-order valence-electron chi connectivity index (χ3n) is 1.93. The third kappa shape index (κ3) is 0.605. The molecule has 0 nitrogen and oxygen atoms in total. The average molecular weight is 106 g/mol. The first-order valence-corrected chi connectivity index (χ1v) is 3.30. The Hall–Kier alpha value is -0.520. The van der Waals surface area contributed by atoms with Gasteiger partial charge in [-0.25, -0.2) is 0 Å². The van der Waals surface area contributed by atoms with E-state index < -0.39 is 0 Å². The lowest BCUT2D eigenvalue weighted by Crippen LogP contribution is -1.65. The number of fused-ring (bicyclic) bond motifs is 1. The molecule has 2 aliphatic carbocycles. The summed E-state index contributed by atoms with van der Waals surface area (Å²) in [6.45, 7) is 0. The van der Waals surface area contributed by atoms with Gasteiger partial charge >= 0.3 is 0 Å². The maximum Gasteiger partial charge on any atom is -0.0164 e. The molecular formula is C8H10. The molecule has 0 aromatic carbocycles. The van der Waals surface area contributed by atoms with Crippen LogP contribution in [0, 0.1) is 11.8 Å². The molecule has 0 unspecified atom stereocenters. The number of hydrogen-bond donors (Lipinski definition) is 0. The molecule has 2 aliphatic rings. The van der Waals surface area contributed by atoms with Crippen LogP contribution < -0.4 is 0 Å². The summed E-state index contributed by atoms with van der Waals surface area (Å²) in [6.07, 6.45) is 11.8. The minimum Gasteiger partial charge on any atom is -0.0845 e. The Morgan fingerprint density at radius 1 is 1.00 bits per heavy atom. The Kier molecular flexibility index (Phi) is 0.806. The third-order valence-corrected chi connectivity index (χ3v) is 1.93. The summed E-state index contributed by atoms with van der Waals surface area (Å²) in [6, 6.07) is 0. The van der Waals surface area contributed by atoms with E-state index in [0.29, 0.717) is 0 Å². The van der Waals surface area contributed by atoms with Gasteiger partial charge in [0, 0.05) is 0 Å². The van der Waals surface area contributed by atoms with Gasteiger partial charge < -0.3 is 0 Å². The van der Waals surface area contributed by atoms with Crippen LogP contribution >= 0.6 is 0 Å². The van der Waals surface area contributed by atoms with Crippen LogP contribution in [-0.2, 0) is 0 Å². The molecule has 0 aromatic heterocycles. The molecule has 0 saturated heterocycles. The molecular weight excluding hydrogens is 96.1 g/mol. The highest BCUT2D eigenvalue weighted by Gasteiger charge is 2.32. The van der Waals surface area contributed by atoms with E-state index >= 15 is 0 Å². The molecule has 1 saturated carbocycles. The van der Waals surface area contributed by atoms with Crippen molar-refractivity contribution >= 4 is 0 Å². The molecule has 0 heterocycles. The average Bonchev–Trinajstić information content (AvgIpc) is 2.36. The molecule has 8 heavy (non-hydrogen) atoms. The Morgan fingerprint density at radius 2 is 1.62 bits per heavy atom. The van der Waals surface area contributed by atoms with Crippen LogP contribution in [0.2, 0.25) is 0 Å². The summed E-state index contributed by atoms with van der Waals surface area (Å²) >= 11 is 0. The maximum absolute atomic E-state index is 2.35. The minimum absolute atomic E-state index is 0.925. The van der Waals surface area contributed by atoms with Crippen molar-refractivity contribution in [2.24, 2.45) is 11.8 Å². The van der Waals surface area contributed by atoms with Gasteiger partial charge in [-0.2, -0.15) is 0 Å². The first-order valence-electron chi connectivity index (χ1n) is 3.30. The first kappa shape index (κ1) is 4.37. The van der Waals surface area contributed by atoms with Crippen LogP contribution in [0.4, 0.5) is 0 Å². The zero-order valence-corrected chi connectivity index (χ0v) is 4.88. The molecule has 0 spiro atoms. The van der Waals surface area contributed by atoms with E-state index in [1.807, 2.05) is 0 Å². The lowest BCUT2D eigenvalue weighted by atomic mass is 10.3. The standard InChI is InChI=1S/C8H10/c1-2-4-7-6-8(7)5-3-1/h2-5,7-8H,1,6H2/t7-,8-/m0/s1. The highest BCUT2D eigenvalue weighted by atomic mass is 14.4. The van der Waals surface area contributed by atoms with Gasteiger partial charge in [0.2, 0.25) is 0 Å². The number of rotatable bonds is 0. The number of allylic oxidation sites excluding steroid dienone is 4.